The second-order valence-electron chi connectivity index (χ2n) is 22.0. The predicted octanol–water partition coefficient (Wildman–Crippen LogP) is 21.1. The molecule has 0 spiro atoms. The fraction of sp³-hybridized carbons (Fsp3) is 0.273. The van der Waals surface area contributed by atoms with Crippen LogP contribution in [0.25, 0.3) is 21.5 Å². The molecule has 0 aliphatic carbocycles. The number of hydrogen-bond acceptors (Lipinski definition) is 0. The van der Waals surface area contributed by atoms with Crippen LogP contribution in [0.4, 0.5) is 105 Å². The first-order chi connectivity index (χ1) is 41.3. The van der Waals surface area contributed by atoms with Crippen LogP contribution in [-0.2, 0) is 83.5 Å². The van der Waals surface area contributed by atoms with Crippen molar-refractivity contribution < 1.29 is 140 Å². The van der Waals surface area contributed by atoms with Crippen molar-refractivity contribution in [2.75, 3.05) is 0 Å². The van der Waals surface area contributed by atoms with Crippen molar-refractivity contribution in [3.8, 4) is 0 Å². The van der Waals surface area contributed by atoms with Gasteiger partial charge in [0.15, 0.2) is 0 Å². The number of alkyl halides is 24. The Morgan fingerprint density at radius 2 is 0.387 bits per heavy atom. The molecule has 93 heavy (non-hydrogen) atoms. The standard InChI is InChI=1S/C32H12BF24.C14H10.2C10H15.2Fe/c34-25(35,36)13-1-14(26(37,38)39)6-21(5-13)33(22-7-15(27(40,41)42)2-16(8-22)28(43,44)45,23-9-17(29(46,47)48)3-18(10-23)30(49,50)51)24-11-19(31(52,53)54)4-20(12-24)32(55,56)57;1-2-6-12-10-14-8-4-3-7-13(14)9-11(12)5-1;2*1-6-7(2)9(4)10(5)8(6)3;;/h1-12H;1-10H;2*1-5H3;;/q-1;;2*-1;;+2. The summed E-state index contributed by atoms with van der Waals surface area (Å²) < 4.78 is 341. The van der Waals surface area contributed by atoms with Gasteiger partial charge in [-0.25, -0.2) is 0 Å². The Kier molecular flexibility index (Phi) is 23.6. The minimum absolute atomic E-state index is 0. The average Bonchev–Trinajstić information content (AvgIpc) is 1.30. The fourth-order valence-corrected chi connectivity index (χ4v) is 10.8. The van der Waals surface area contributed by atoms with Gasteiger partial charge >= 0.3 is 66.5 Å². The topological polar surface area (TPSA) is 0 Å². The molecule has 0 aliphatic heterocycles. The smallest absolute Gasteiger partial charge is 0.196 e. The summed E-state index contributed by atoms with van der Waals surface area (Å²) in [5.41, 5.74) is -15.5. The summed E-state index contributed by atoms with van der Waals surface area (Å²) in [6, 6.07) is 12.6. The zero-order chi connectivity index (χ0) is 69.1. The van der Waals surface area contributed by atoms with E-state index in [2.05, 4.69) is 130 Å². The molecule has 0 heterocycles. The van der Waals surface area contributed by atoms with E-state index < -0.39 is 195 Å². The molecule has 9 aromatic rings. The van der Waals surface area contributed by atoms with Crippen molar-refractivity contribution >= 4 is 49.5 Å². The molecule has 0 aliphatic rings. The summed E-state index contributed by atoms with van der Waals surface area (Å²) in [7, 11) is 0. The first-order valence-electron chi connectivity index (χ1n) is 26.9. The Bertz CT molecular complexity index is 3360. The molecule has 0 bridgehead atoms. The molecule has 0 aromatic heterocycles. The van der Waals surface area contributed by atoms with Crippen LogP contribution in [0.1, 0.15) is 100 Å². The van der Waals surface area contributed by atoms with E-state index in [1.165, 1.54) is 77.2 Å². The molecule has 0 radical (unpaired) electrons. The van der Waals surface area contributed by atoms with Crippen LogP contribution in [0.2, 0.25) is 0 Å². The van der Waals surface area contributed by atoms with Crippen molar-refractivity contribution in [3.63, 3.8) is 0 Å². The van der Waals surface area contributed by atoms with E-state index in [0.717, 1.165) is 0 Å². The summed E-state index contributed by atoms with van der Waals surface area (Å²) in [6.07, 6.45) is -54.8. The number of rotatable bonds is 4. The zero-order valence-electron chi connectivity index (χ0n) is 50.1. The van der Waals surface area contributed by atoms with Gasteiger partial charge in [0.25, 0.3) is 0 Å². The van der Waals surface area contributed by atoms with Crippen LogP contribution in [0.3, 0.4) is 0 Å². The quantitative estimate of drug-likeness (QED) is 0.0713. The molecule has 9 aromatic carbocycles. The Labute approximate surface area is 539 Å². The first kappa shape index (κ1) is 78.6. The van der Waals surface area contributed by atoms with Gasteiger partial charge in [-0.1, -0.05) is 166 Å². The second kappa shape index (κ2) is 27.9. The molecule has 0 fully saturated rings. The Balaban J connectivity index is 0.000000405. The number of hydrogen-bond donors (Lipinski definition) is 0. The zero-order valence-corrected chi connectivity index (χ0v) is 52.3. The molecule has 0 amide bonds. The van der Waals surface area contributed by atoms with E-state index in [0.29, 0.717) is 0 Å². The summed E-state index contributed by atoms with van der Waals surface area (Å²) in [4.78, 5) is 0. The van der Waals surface area contributed by atoms with Crippen molar-refractivity contribution in [2.24, 2.45) is 0 Å². The third-order valence-corrected chi connectivity index (χ3v) is 16.7. The SMILES string of the molecule is Cc1c(C)c(C)[c-](C)c1C.Cc1c(C)c(C)[c-](C)c1C.FC(F)(F)c1cc([B-](c2cc(C(F)(F)F)cc(C(F)(F)F)c2)(c2cc(C(F)(F)F)cc(C(F)(F)F)c2)c2cc(C(F)(F)F)cc(C(F)(F)F)c2)cc(C(F)(F)F)c1.[Fe+2].[Fe].c1ccc2cc3ccccc3cc2c1. The third kappa shape index (κ3) is 17.6. The Morgan fingerprint density at radius 3 is 0.495 bits per heavy atom. The average molecular weight is 1420 g/mol. The van der Waals surface area contributed by atoms with Crippen molar-refractivity contribution in [1.82, 2.24) is 0 Å². The van der Waals surface area contributed by atoms with Gasteiger partial charge in [-0.05, 0) is 57.9 Å². The molecule has 0 saturated carbocycles. The monoisotopic (exact) mass is 1420 g/mol. The third-order valence-electron chi connectivity index (χ3n) is 16.7. The number of halogens is 24. The van der Waals surface area contributed by atoms with Crippen LogP contribution in [0, 0.1) is 69.2 Å². The van der Waals surface area contributed by atoms with E-state index in [4.69, 9.17) is 0 Å². The Hall–Kier alpha value is -6.82. The molecule has 9 rings (SSSR count). The van der Waals surface area contributed by atoms with E-state index in [1.807, 2.05) is 0 Å². The van der Waals surface area contributed by atoms with E-state index in [1.54, 1.807) is 0 Å². The molecule has 0 nitrogen and oxygen atoms in total. The largest absolute Gasteiger partial charge is 2.00 e. The fourth-order valence-electron chi connectivity index (χ4n) is 10.8. The number of benzene rings is 7. The molecule has 504 valence electrons. The normalized spacial score (nSPS) is 12.7. The summed E-state index contributed by atoms with van der Waals surface area (Å²) >= 11 is 0. The van der Waals surface area contributed by atoms with Crippen molar-refractivity contribution in [3.05, 3.63) is 234 Å². The molecular weight excluding hydrogens is 1370 g/mol. The summed E-state index contributed by atoms with van der Waals surface area (Å²) in [5.74, 6) is 0. The van der Waals surface area contributed by atoms with E-state index in [-0.39, 0.29) is 34.1 Å². The van der Waals surface area contributed by atoms with Gasteiger partial charge < -0.3 is 0 Å². The summed E-state index contributed by atoms with van der Waals surface area (Å²) in [5, 5.41) is 5.25. The maximum absolute atomic E-state index is 14.2. The van der Waals surface area contributed by atoms with Crippen LogP contribution in [-0.4, -0.2) is 6.15 Å². The van der Waals surface area contributed by atoms with Crippen molar-refractivity contribution in [1.29, 1.82) is 0 Å². The van der Waals surface area contributed by atoms with Gasteiger partial charge in [-0.3, -0.25) is 0 Å². The molecule has 0 N–H and O–H groups in total. The number of fused-ring (bicyclic) bond motifs is 2. The molecule has 0 saturated heterocycles. The molecule has 0 atom stereocenters. The van der Waals surface area contributed by atoms with Gasteiger partial charge in [-0.2, -0.15) is 183 Å². The molecule has 27 heteroatoms. The van der Waals surface area contributed by atoms with Crippen LogP contribution >= 0.6 is 0 Å². The first-order valence-corrected chi connectivity index (χ1v) is 26.9. The van der Waals surface area contributed by atoms with Gasteiger partial charge in [0.2, 0.25) is 0 Å². The van der Waals surface area contributed by atoms with Gasteiger partial charge in [0.1, 0.15) is 6.15 Å². The Morgan fingerprint density at radius 1 is 0.247 bits per heavy atom. The van der Waals surface area contributed by atoms with Crippen molar-refractivity contribution in [2.45, 2.75) is 119 Å². The van der Waals surface area contributed by atoms with Gasteiger partial charge in [0.05, 0.1) is 44.5 Å². The second-order valence-corrected chi connectivity index (χ2v) is 22.0. The van der Waals surface area contributed by atoms with Crippen LogP contribution < -0.4 is 21.9 Å². The minimum Gasteiger partial charge on any atom is -0.196 e. The van der Waals surface area contributed by atoms with Gasteiger partial charge in [-0.15, -0.1) is 0 Å². The maximum atomic E-state index is 14.2. The minimum atomic E-state index is -6.13. The van der Waals surface area contributed by atoms with Gasteiger partial charge in [0, 0.05) is 17.1 Å². The molecular formula is C66H52BF24Fe2-. The van der Waals surface area contributed by atoms with Crippen LogP contribution in [0.5, 0.6) is 0 Å². The van der Waals surface area contributed by atoms with Crippen LogP contribution in [0.15, 0.2) is 133 Å². The maximum Gasteiger partial charge on any atom is 2.00 e. The molecule has 0 unspecified atom stereocenters. The van der Waals surface area contributed by atoms with E-state index in [9.17, 15) is 105 Å². The predicted molar refractivity (Wildman–Crippen MR) is 303 cm³/mol. The van der Waals surface area contributed by atoms with E-state index >= 15 is 0 Å². The summed E-state index contributed by atoms with van der Waals surface area (Å²) in [6.45, 7) is 22.0.